The minimum absolute atomic E-state index is 0.0705. The Morgan fingerprint density at radius 2 is 1.04 bits per heavy atom. The Morgan fingerprint density at radius 1 is 0.592 bits per heavy atom. The van der Waals surface area contributed by atoms with Crippen molar-refractivity contribution in [3.63, 3.8) is 0 Å². The van der Waals surface area contributed by atoms with Crippen LogP contribution in [-0.2, 0) is 38.0 Å². The summed E-state index contributed by atoms with van der Waals surface area (Å²) in [7, 11) is 0. The molecule has 6 unspecified atom stereocenters. The quantitative estimate of drug-likeness (QED) is 0.0466. The summed E-state index contributed by atoms with van der Waals surface area (Å²) in [6.07, 6.45) is 24.4. The first-order chi connectivity index (χ1) is 23.9. The first-order valence-electron chi connectivity index (χ1n) is 19.8. The predicted molar refractivity (Wildman–Crippen MR) is 186 cm³/mol. The summed E-state index contributed by atoms with van der Waals surface area (Å²) in [4.78, 5) is 46.1. The molecule has 0 aromatic rings. The van der Waals surface area contributed by atoms with Crippen molar-refractivity contribution in [1.29, 1.82) is 0 Å². The highest BCUT2D eigenvalue weighted by molar-refractivity contribution is 5.69. The Labute approximate surface area is 295 Å². The van der Waals surface area contributed by atoms with E-state index >= 15 is 0 Å². The van der Waals surface area contributed by atoms with E-state index in [-0.39, 0.29) is 38.4 Å². The van der Waals surface area contributed by atoms with Gasteiger partial charge in [0.25, 0.3) is 0 Å². The molecule has 6 atom stereocenters. The first-order valence-corrected chi connectivity index (χ1v) is 19.8. The van der Waals surface area contributed by atoms with Crippen molar-refractivity contribution in [2.45, 2.75) is 174 Å². The van der Waals surface area contributed by atoms with Crippen LogP contribution >= 0.6 is 0 Å². The van der Waals surface area contributed by atoms with Crippen LogP contribution in [0.4, 0.5) is 9.59 Å². The largest absolute Gasteiger partial charge is 0.508 e. The predicted octanol–water partition coefficient (Wildman–Crippen LogP) is 9.63. The number of ether oxygens (including phenoxy) is 6. The van der Waals surface area contributed by atoms with Gasteiger partial charge in [0.2, 0.25) is 0 Å². The zero-order valence-corrected chi connectivity index (χ0v) is 30.6. The average molecular weight is 695 g/mol. The lowest BCUT2D eigenvalue weighted by atomic mass is 9.63. The SMILES string of the molecule is CCCCCCCCC1C(C)CCC(CCCCCCCC(=O)OCC2COC(=O)O2)C1CCCCCCCC(=O)OCC1COC(=O)O1. The molecule has 0 aromatic heterocycles. The molecule has 2 saturated heterocycles. The molecule has 0 bridgehead atoms. The molecule has 2 heterocycles. The molecule has 1 saturated carbocycles. The van der Waals surface area contributed by atoms with Crippen LogP contribution in [0.5, 0.6) is 0 Å². The van der Waals surface area contributed by atoms with Crippen LogP contribution in [0.3, 0.4) is 0 Å². The molecule has 282 valence electrons. The molecular weight excluding hydrogens is 628 g/mol. The van der Waals surface area contributed by atoms with Gasteiger partial charge in [0.05, 0.1) is 0 Å². The van der Waals surface area contributed by atoms with E-state index in [9.17, 15) is 19.2 Å². The second kappa shape index (κ2) is 24.6. The van der Waals surface area contributed by atoms with Crippen LogP contribution in [0.2, 0.25) is 0 Å². The molecule has 0 amide bonds. The average Bonchev–Trinajstić information content (AvgIpc) is 3.71. The summed E-state index contributed by atoms with van der Waals surface area (Å²) in [5.74, 6) is 2.83. The third-order valence-electron chi connectivity index (χ3n) is 10.8. The number of carbonyl (C=O) groups excluding carboxylic acids is 4. The minimum atomic E-state index is -0.697. The molecule has 10 nitrogen and oxygen atoms in total. The Hall–Kier alpha value is -2.52. The van der Waals surface area contributed by atoms with Gasteiger partial charge in [-0.05, 0) is 55.8 Å². The zero-order chi connectivity index (χ0) is 35.1. The van der Waals surface area contributed by atoms with Gasteiger partial charge in [0, 0.05) is 12.8 Å². The Kier molecular flexibility index (Phi) is 20.5. The van der Waals surface area contributed by atoms with Gasteiger partial charge in [-0.15, -0.1) is 0 Å². The second-order valence-electron chi connectivity index (χ2n) is 14.8. The lowest BCUT2D eigenvalue weighted by Crippen LogP contribution is -2.34. The van der Waals surface area contributed by atoms with Crippen LogP contribution < -0.4 is 0 Å². The van der Waals surface area contributed by atoms with E-state index in [2.05, 4.69) is 13.8 Å². The van der Waals surface area contributed by atoms with Crippen molar-refractivity contribution in [1.82, 2.24) is 0 Å². The maximum Gasteiger partial charge on any atom is 0.508 e. The summed E-state index contributed by atoms with van der Waals surface area (Å²) in [6, 6.07) is 0. The maximum atomic E-state index is 12.1. The summed E-state index contributed by atoms with van der Waals surface area (Å²) in [6.45, 7) is 5.22. The van der Waals surface area contributed by atoms with Crippen molar-refractivity contribution in [3.8, 4) is 0 Å². The van der Waals surface area contributed by atoms with E-state index in [1.165, 1.54) is 96.3 Å². The van der Waals surface area contributed by atoms with Crippen molar-refractivity contribution < 1.29 is 47.6 Å². The lowest BCUT2D eigenvalue weighted by molar-refractivity contribution is -0.147. The third kappa shape index (κ3) is 17.3. The number of unbranched alkanes of at least 4 members (excludes halogenated alkanes) is 13. The number of rotatable bonds is 27. The number of cyclic esters (lactones) is 4. The molecule has 49 heavy (non-hydrogen) atoms. The van der Waals surface area contributed by atoms with Crippen LogP contribution in [0.1, 0.15) is 162 Å². The van der Waals surface area contributed by atoms with Crippen molar-refractivity contribution in [2.24, 2.45) is 23.7 Å². The zero-order valence-electron chi connectivity index (χ0n) is 30.6. The van der Waals surface area contributed by atoms with Crippen LogP contribution in [0.15, 0.2) is 0 Å². The second-order valence-corrected chi connectivity index (χ2v) is 14.8. The van der Waals surface area contributed by atoms with Crippen LogP contribution in [0, 0.1) is 23.7 Å². The fourth-order valence-electron chi connectivity index (χ4n) is 7.94. The van der Waals surface area contributed by atoms with E-state index in [4.69, 9.17) is 28.4 Å². The van der Waals surface area contributed by atoms with Crippen LogP contribution in [-0.4, -0.2) is 62.9 Å². The highest BCUT2D eigenvalue weighted by atomic mass is 16.8. The molecule has 1 aliphatic carbocycles. The highest BCUT2D eigenvalue weighted by Gasteiger charge is 2.36. The number of hydrogen-bond donors (Lipinski definition) is 0. The van der Waals surface area contributed by atoms with Crippen LogP contribution in [0.25, 0.3) is 0 Å². The Balaban J connectivity index is 1.31. The van der Waals surface area contributed by atoms with Gasteiger partial charge < -0.3 is 28.4 Å². The first kappa shape index (κ1) is 40.9. The summed E-state index contributed by atoms with van der Waals surface area (Å²) >= 11 is 0. The lowest BCUT2D eigenvalue weighted by Gasteiger charge is -2.43. The molecular formula is C39H66O10. The van der Waals surface area contributed by atoms with Crippen molar-refractivity contribution in [3.05, 3.63) is 0 Å². The molecule has 2 aliphatic heterocycles. The van der Waals surface area contributed by atoms with E-state index in [0.29, 0.717) is 12.8 Å². The normalized spacial score (nSPS) is 24.9. The van der Waals surface area contributed by atoms with E-state index in [1.54, 1.807) is 0 Å². The monoisotopic (exact) mass is 694 g/mol. The fourth-order valence-corrected chi connectivity index (χ4v) is 7.94. The van der Waals surface area contributed by atoms with E-state index in [0.717, 1.165) is 62.2 Å². The molecule has 3 fully saturated rings. The molecule has 0 N–H and O–H groups in total. The molecule has 3 aliphatic rings. The van der Waals surface area contributed by atoms with Gasteiger partial charge in [0.1, 0.15) is 26.4 Å². The summed E-state index contributed by atoms with van der Waals surface area (Å²) in [5.41, 5.74) is 0. The highest BCUT2D eigenvalue weighted by Crippen LogP contribution is 2.46. The summed E-state index contributed by atoms with van der Waals surface area (Å²) in [5, 5.41) is 0. The number of carbonyl (C=O) groups is 4. The van der Waals surface area contributed by atoms with Gasteiger partial charge in [-0.25, -0.2) is 9.59 Å². The van der Waals surface area contributed by atoms with Crippen molar-refractivity contribution in [2.75, 3.05) is 26.4 Å². The topological polar surface area (TPSA) is 124 Å². The van der Waals surface area contributed by atoms with Gasteiger partial charge in [-0.2, -0.15) is 0 Å². The number of hydrogen-bond acceptors (Lipinski definition) is 10. The smallest absolute Gasteiger partial charge is 0.462 e. The maximum absolute atomic E-state index is 12.1. The van der Waals surface area contributed by atoms with Crippen molar-refractivity contribution >= 4 is 24.2 Å². The third-order valence-corrected chi connectivity index (χ3v) is 10.8. The Morgan fingerprint density at radius 3 is 1.53 bits per heavy atom. The molecule has 0 aromatic carbocycles. The molecule has 0 radical (unpaired) electrons. The van der Waals surface area contributed by atoms with E-state index in [1.807, 2.05) is 0 Å². The van der Waals surface area contributed by atoms with Gasteiger partial charge in [-0.3, -0.25) is 9.59 Å². The molecule has 3 rings (SSSR count). The molecule has 0 spiro atoms. The van der Waals surface area contributed by atoms with Gasteiger partial charge in [-0.1, -0.05) is 117 Å². The minimum Gasteiger partial charge on any atom is -0.462 e. The fraction of sp³-hybridized carbons (Fsp3) is 0.897. The Bertz CT molecular complexity index is 954. The molecule has 10 heteroatoms. The van der Waals surface area contributed by atoms with Gasteiger partial charge in [0.15, 0.2) is 12.2 Å². The van der Waals surface area contributed by atoms with E-state index < -0.39 is 24.5 Å². The van der Waals surface area contributed by atoms with Gasteiger partial charge >= 0.3 is 24.2 Å². The summed E-state index contributed by atoms with van der Waals surface area (Å²) < 4.78 is 29.7. The number of esters is 2. The standard InChI is InChI=1S/C39H66O10/c1-3-4-5-6-10-15-20-34-30(2)24-25-31(19-14-9-7-12-17-22-36(40)44-26-32-28-46-38(42)48-32)35(34)21-16-11-8-13-18-23-37(41)45-27-33-29-47-39(43)49-33/h30-35H,3-29H2,1-2H3.